The van der Waals surface area contributed by atoms with Gasteiger partial charge in [-0.1, -0.05) is 42.0 Å². The van der Waals surface area contributed by atoms with E-state index in [-0.39, 0.29) is 5.70 Å². The third-order valence-corrected chi connectivity index (χ3v) is 3.88. The van der Waals surface area contributed by atoms with Gasteiger partial charge in [0.25, 0.3) is 0 Å². The fourth-order valence-electron chi connectivity index (χ4n) is 2.39. The Morgan fingerprint density at radius 1 is 1.19 bits per heavy atom. The molecular weight excluding hydrogens is 340 g/mol. The Labute approximate surface area is 158 Å². The maximum Gasteiger partial charge on any atom is 0.215 e. The van der Waals surface area contributed by atoms with Gasteiger partial charge in [0.1, 0.15) is 17.6 Å². The highest BCUT2D eigenvalue weighted by Crippen LogP contribution is 2.17. The molecule has 0 saturated heterocycles. The van der Waals surface area contributed by atoms with Crippen molar-refractivity contribution in [3.63, 3.8) is 0 Å². The van der Waals surface area contributed by atoms with E-state index in [0.29, 0.717) is 18.8 Å². The summed E-state index contributed by atoms with van der Waals surface area (Å²) in [4.78, 5) is 27.9. The Morgan fingerprint density at radius 3 is 2.52 bits per heavy atom. The van der Waals surface area contributed by atoms with Crippen LogP contribution in [0.3, 0.4) is 0 Å². The Kier molecular flexibility index (Phi) is 7.03. The van der Waals surface area contributed by atoms with Crippen LogP contribution in [0.25, 0.3) is 6.08 Å². The van der Waals surface area contributed by atoms with Crippen molar-refractivity contribution < 1.29 is 9.59 Å². The number of hydrogen-bond acceptors (Lipinski definition) is 4. The molecule has 1 heterocycles. The number of hydrogen-bond donors (Lipinski definition) is 1. The molecule has 0 aliphatic carbocycles. The first-order valence-electron chi connectivity index (χ1n) is 8.31. The molecule has 6 heteroatoms. The van der Waals surface area contributed by atoms with Crippen LogP contribution in [0.5, 0.6) is 0 Å². The summed E-state index contributed by atoms with van der Waals surface area (Å²) in [6.07, 6.45) is 6.15. The minimum atomic E-state index is 0.147. The summed E-state index contributed by atoms with van der Waals surface area (Å²) in [5, 5.41) is 11.1. The summed E-state index contributed by atoms with van der Waals surface area (Å²) in [6.45, 7) is 4.30. The zero-order valence-corrected chi connectivity index (χ0v) is 15.2. The van der Waals surface area contributed by atoms with E-state index >= 15 is 0 Å². The van der Waals surface area contributed by atoms with Gasteiger partial charge in [0.2, 0.25) is 12.8 Å². The van der Waals surface area contributed by atoms with Gasteiger partial charge in [-0.3, -0.25) is 14.5 Å². The molecule has 0 aliphatic heterocycles. The van der Waals surface area contributed by atoms with Crippen LogP contribution >= 0.6 is 0 Å². The van der Waals surface area contributed by atoms with E-state index in [1.165, 1.54) is 11.6 Å². The third-order valence-electron chi connectivity index (χ3n) is 3.88. The number of carbonyl (C=O) groups is 2. The molecule has 0 radical (unpaired) electrons. The van der Waals surface area contributed by atoms with Crippen LogP contribution in [0.4, 0.5) is 5.82 Å². The second-order valence-electron chi connectivity index (χ2n) is 5.88. The second-order valence-corrected chi connectivity index (χ2v) is 5.88. The Balaban J connectivity index is 2.16. The van der Waals surface area contributed by atoms with Crippen LogP contribution in [0.15, 0.2) is 54.2 Å². The molecule has 1 N–H and O–H groups in total. The average Bonchev–Trinajstić information content (AvgIpc) is 2.68. The van der Waals surface area contributed by atoms with Crippen LogP contribution < -0.4 is 10.2 Å². The Bertz CT molecular complexity index is 909. The monoisotopic (exact) mass is 360 g/mol. The lowest BCUT2D eigenvalue weighted by atomic mass is 10.1. The summed E-state index contributed by atoms with van der Waals surface area (Å²) in [5.41, 5.74) is 3.93. The number of nitrogens with zero attached hydrogens (tertiary/aromatic N) is 3. The quantitative estimate of drug-likeness (QED) is 0.445. The summed E-state index contributed by atoms with van der Waals surface area (Å²) < 4.78 is 0. The van der Waals surface area contributed by atoms with Crippen LogP contribution in [-0.2, 0) is 16.1 Å². The molecule has 6 nitrogen and oxygen atoms in total. The fourth-order valence-corrected chi connectivity index (χ4v) is 2.39. The third kappa shape index (κ3) is 5.65. The number of anilines is 1. The standard InChI is InChI=1S/C21H20N4O2/c1-16-6-8-18(9-7-16)13-25(15-27)21-11-10-19(17(2)24-21)4-3-5-20(12-22)23-14-26/h3-11,14-15H,13H2,1-2H3,(H,23,26)/b4-3-,20-5-. The smallest absolute Gasteiger partial charge is 0.215 e. The molecule has 0 atom stereocenters. The Hall–Kier alpha value is -3.72. The molecule has 1 aromatic carbocycles. The molecule has 0 unspecified atom stereocenters. The van der Waals surface area contributed by atoms with Gasteiger partial charge in [0.05, 0.1) is 6.54 Å². The minimum Gasteiger partial charge on any atom is -0.320 e. The predicted molar refractivity (Wildman–Crippen MR) is 104 cm³/mol. The van der Waals surface area contributed by atoms with E-state index in [1.807, 2.05) is 50.2 Å². The average molecular weight is 360 g/mol. The van der Waals surface area contributed by atoms with Crippen molar-refractivity contribution in [1.29, 1.82) is 5.26 Å². The summed E-state index contributed by atoms with van der Waals surface area (Å²) in [5.74, 6) is 0.566. The molecule has 0 fully saturated rings. The van der Waals surface area contributed by atoms with Crippen LogP contribution in [0.2, 0.25) is 0 Å². The number of nitriles is 1. The topological polar surface area (TPSA) is 86.1 Å². The van der Waals surface area contributed by atoms with E-state index in [9.17, 15) is 9.59 Å². The molecule has 2 rings (SSSR count). The first kappa shape index (κ1) is 19.6. The zero-order valence-electron chi connectivity index (χ0n) is 15.2. The Morgan fingerprint density at radius 2 is 1.93 bits per heavy atom. The van der Waals surface area contributed by atoms with Gasteiger partial charge in [0, 0.05) is 5.69 Å². The highest BCUT2D eigenvalue weighted by molar-refractivity contribution is 5.73. The van der Waals surface area contributed by atoms with E-state index < -0.39 is 0 Å². The lowest BCUT2D eigenvalue weighted by Gasteiger charge is -2.17. The lowest BCUT2D eigenvalue weighted by Crippen LogP contribution is -2.21. The molecule has 1 aromatic heterocycles. The number of carbonyl (C=O) groups excluding carboxylic acids is 2. The number of pyridine rings is 1. The zero-order chi connectivity index (χ0) is 19.6. The van der Waals surface area contributed by atoms with Gasteiger partial charge in [-0.2, -0.15) is 5.26 Å². The first-order valence-corrected chi connectivity index (χ1v) is 8.31. The largest absolute Gasteiger partial charge is 0.320 e. The van der Waals surface area contributed by atoms with Crippen molar-refractivity contribution in [3.8, 4) is 6.07 Å². The summed E-state index contributed by atoms with van der Waals surface area (Å²) in [6, 6.07) is 13.5. The number of rotatable bonds is 8. The fraction of sp³-hybridized carbons (Fsp3) is 0.143. The van der Waals surface area contributed by atoms with Crippen LogP contribution in [-0.4, -0.2) is 17.8 Å². The van der Waals surface area contributed by atoms with Crippen molar-refractivity contribution in [2.75, 3.05) is 4.90 Å². The van der Waals surface area contributed by atoms with Gasteiger partial charge in [-0.15, -0.1) is 0 Å². The van der Waals surface area contributed by atoms with Crippen LogP contribution in [0.1, 0.15) is 22.4 Å². The first-order chi connectivity index (χ1) is 13.1. The highest BCUT2D eigenvalue weighted by Gasteiger charge is 2.09. The molecule has 0 aliphatic rings. The van der Waals surface area contributed by atoms with E-state index in [2.05, 4.69) is 10.3 Å². The molecule has 2 aromatic rings. The van der Waals surface area contributed by atoms with Gasteiger partial charge < -0.3 is 5.32 Å². The number of nitrogens with one attached hydrogen (secondary N) is 1. The maximum atomic E-state index is 11.5. The summed E-state index contributed by atoms with van der Waals surface area (Å²) >= 11 is 0. The predicted octanol–water partition coefficient (Wildman–Crippen LogP) is 3.03. The molecule has 136 valence electrons. The van der Waals surface area contributed by atoms with Crippen molar-refractivity contribution in [3.05, 3.63) is 76.6 Å². The van der Waals surface area contributed by atoms with Crippen molar-refractivity contribution in [1.82, 2.24) is 10.3 Å². The van der Waals surface area contributed by atoms with Crippen LogP contribution in [0, 0.1) is 25.2 Å². The second kappa shape index (κ2) is 9.68. The normalized spacial score (nSPS) is 11.1. The van der Waals surface area contributed by atoms with E-state index in [0.717, 1.165) is 23.2 Å². The van der Waals surface area contributed by atoms with Gasteiger partial charge in [0.15, 0.2) is 0 Å². The highest BCUT2D eigenvalue weighted by atomic mass is 16.1. The SMILES string of the molecule is Cc1ccc(CN(C=O)c2ccc(/C=C\C=C(\C#N)NC=O)c(C)n2)cc1. The van der Waals surface area contributed by atoms with E-state index in [1.54, 1.807) is 23.1 Å². The maximum absolute atomic E-state index is 11.5. The van der Waals surface area contributed by atoms with Crippen molar-refractivity contribution in [2.45, 2.75) is 20.4 Å². The molecule has 0 bridgehead atoms. The van der Waals surface area contributed by atoms with Crippen molar-refractivity contribution >= 4 is 24.7 Å². The molecule has 2 amide bonds. The molecule has 0 saturated carbocycles. The summed E-state index contributed by atoms with van der Waals surface area (Å²) in [7, 11) is 0. The molecule has 27 heavy (non-hydrogen) atoms. The van der Waals surface area contributed by atoms with E-state index in [4.69, 9.17) is 5.26 Å². The number of benzene rings is 1. The minimum absolute atomic E-state index is 0.147. The number of aryl methyl sites for hydroxylation is 2. The number of amides is 2. The van der Waals surface area contributed by atoms with Crippen molar-refractivity contribution in [2.24, 2.45) is 0 Å². The molecule has 0 spiro atoms. The number of aromatic nitrogens is 1. The van der Waals surface area contributed by atoms with Gasteiger partial charge in [-0.05, 0) is 43.2 Å². The molecular formula is C21H20N4O2. The van der Waals surface area contributed by atoms with Gasteiger partial charge in [-0.25, -0.2) is 4.98 Å². The lowest BCUT2D eigenvalue weighted by molar-refractivity contribution is -0.109. The number of allylic oxidation sites excluding steroid dienone is 3. The van der Waals surface area contributed by atoms with Gasteiger partial charge >= 0.3 is 0 Å².